The molecule has 0 aliphatic heterocycles. The summed E-state index contributed by atoms with van der Waals surface area (Å²) < 4.78 is 9.45. The molecule has 0 aromatic carbocycles. The molecule has 0 unspecified atom stereocenters. The third-order valence-corrected chi connectivity index (χ3v) is 1.56. The molecular weight excluding hydrogens is 242 g/mol. The van der Waals surface area contributed by atoms with Crippen LogP contribution in [0.1, 0.15) is 20.8 Å². The van der Waals surface area contributed by atoms with Crippen LogP contribution >= 0.6 is 0 Å². The van der Waals surface area contributed by atoms with Crippen LogP contribution in [0.2, 0.25) is 0 Å². The van der Waals surface area contributed by atoms with Gasteiger partial charge < -0.3 is 20.3 Å². The van der Waals surface area contributed by atoms with Crippen molar-refractivity contribution in [3.8, 4) is 0 Å². The van der Waals surface area contributed by atoms with Gasteiger partial charge in [-0.3, -0.25) is 4.79 Å². The van der Waals surface area contributed by atoms with Crippen LogP contribution in [0.4, 0.5) is 0 Å². The number of aliphatic hydroxyl groups is 1. The predicted molar refractivity (Wildman–Crippen MR) is 63.4 cm³/mol. The highest BCUT2D eigenvalue weighted by molar-refractivity contribution is 6.18. The normalized spacial score (nSPS) is 12.5. The molecule has 0 fully saturated rings. The lowest BCUT2D eigenvalue weighted by molar-refractivity contribution is -0.138. The Morgan fingerprint density at radius 1 is 1.28 bits per heavy atom. The molecule has 0 aliphatic carbocycles. The van der Waals surface area contributed by atoms with E-state index in [1.54, 1.807) is 13.8 Å². The Morgan fingerprint density at radius 3 is 2.28 bits per heavy atom. The maximum Gasteiger partial charge on any atom is 0.349 e. The van der Waals surface area contributed by atoms with Crippen molar-refractivity contribution in [2.45, 2.75) is 20.8 Å². The number of ether oxygens (including phenoxy) is 2. The Morgan fingerprint density at radius 2 is 1.83 bits per heavy atom. The Bertz CT molecular complexity index is 376. The van der Waals surface area contributed by atoms with Crippen molar-refractivity contribution >= 4 is 17.7 Å². The molecule has 0 aromatic heterocycles. The van der Waals surface area contributed by atoms with Gasteiger partial charge in [0, 0.05) is 6.92 Å². The van der Waals surface area contributed by atoms with Crippen molar-refractivity contribution in [1.29, 1.82) is 0 Å². The van der Waals surface area contributed by atoms with Gasteiger partial charge in [-0.2, -0.15) is 5.10 Å². The number of amidine groups is 1. The summed E-state index contributed by atoms with van der Waals surface area (Å²) in [6.07, 6.45) is 0. The van der Waals surface area contributed by atoms with E-state index in [1.807, 2.05) is 5.43 Å². The predicted octanol–water partition coefficient (Wildman–Crippen LogP) is -0.236. The van der Waals surface area contributed by atoms with Crippen LogP contribution < -0.4 is 11.2 Å². The number of carbonyl (C=O) groups is 2. The zero-order valence-electron chi connectivity index (χ0n) is 10.5. The number of hydrogen-bond donors (Lipinski definition) is 3. The van der Waals surface area contributed by atoms with Gasteiger partial charge in [0.1, 0.15) is 0 Å². The maximum atomic E-state index is 11.6. The Kier molecular flexibility index (Phi) is 6.94. The second-order valence-electron chi connectivity index (χ2n) is 3.00. The smallest absolute Gasteiger partial charge is 0.349 e. The highest BCUT2D eigenvalue weighted by Crippen LogP contribution is 2.06. The molecule has 8 heteroatoms. The van der Waals surface area contributed by atoms with Crippen LogP contribution in [0.25, 0.3) is 0 Å². The maximum absolute atomic E-state index is 11.6. The zero-order valence-corrected chi connectivity index (χ0v) is 10.5. The molecule has 0 bridgehead atoms. The first-order valence-electron chi connectivity index (χ1n) is 5.27. The number of hydrogen-bond acceptors (Lipinski definition) is 6. The van der Waals surface area contributed by atoms with E-state index in [1.165, 1.54) is 6.92 Å². The van der Waals surface area contributed by atoms with Crippen molar-refractivity contribution in [2.24, 2.45) is 10.8 Å². The molecular formula is C10H17N3O5. The van der Waals surface area contributed by atoms with Crippen molar-refractivity contribution in [2.75, 3.05) is 13.2 Å². The van der Waals surface area contributed by atoms with Gasteiger partial charge in [-0.15, -0.1) is 0 Å². The fourth-order valence-corrected chi connectivity index (χ4v) is 0.908. The van der Waals surface area contributed by atoms with Gasteiger partial charge in [-0.05, 0) is 13.8 Å². The second kappa shape index (κ2) is 7.93. The number of hydrazone groups is 1. The van der Waals surface area contributed by atoms with Crippen LogP contribution in [0.3, 0.4) is 0 Å². The molecule has 0 saturated carbocycles. The molecule has 8 nitrogen and oxygen atoms in total. The number of amides is 1. The average molecular weight is 259 g/mol. The SMILES string of the molecule is CCOC(=O)C(/C(N)=N/NC(C)=O)=C(\O)OCC. The summed E-state index contributed by atoms with van der Waals surface area (Å²) in [5, 5.41) is 13.0. The summed E-state index contributed by atoms with van der Waals surface area (Å²) in [7, 11) is 0. The van der Waals surface area contributed by atoms with Gasteiger partial charge >= 0.3 is 5.97 Å². The molecule has 0 aliphatic rings. The minimum atomic E-state index is -0.893. The second-order valence-corrected chi connectivity index (χ2v) is 3.00. The van der Waals surface area contributed by atoms with Gasteiger partial charge in [0.15, 0.2) is 11.4 Å². The first kappa shape index (κ1) is 15.8. The summed E-state index contributed by atoms with van der Waals surface area (Å²) >= 11 is 0. The number of aliphatic hydroxyl groups excluding tert-OH is 1. The van der Waals surface area contributed by atoms with E-state index in [2.05, 4.69) is 9.84 Å². The standard InChI is InChI=1S/C10H17N3O5/c1-4-17-9(15)7(10(16)18-5-2)8(11)13-12-6(3)14/h15H,4-5H2,1-3H3,(H2,11,13)(H,12,14)/b9-7+. The van der Waals surface area contributed by atoms with Crippen LogP contribution in [-0.2, 0) is 19.1 Å². The van der Waals surface area contributed by atoms with E-state index in [4.69, 9.17) is 10.5 Å². The summed E-state index contributed by atoms with van der Waals surface area (Å²) in [4.78, 5) is 22.2. The van der Waals surface area contributed by atoms with Crippen molar-refractivity contribution in [3.63, 3.8) is 0 Å². The van der Waals surface area contributed by atoms with Gasteiger partial charge in [0.25, 0.3) is 5.95 Å². The Labute approximate surface area is 104 Å². The summed E-state index contributed by atoms with van der Waals surface area (Å²) in [5.74, 6) is -2.48. The van der Waals surface area contributed by atoms with E-state index in [0.717, 1.165) is 0 Å². The fourth-order valence-electron chi connectivity index (χ4n) is 0.908. The van der Waals surface area contributed by atoms with Crippen molar-refractivity contribution < 1.29 is 24.2 Å². The number of nitrogens with zero attached hydrogens (tertiary/aromatic N) is 1. The van der Waals surface area contributed by atoms with E-state index in [0.29, 0.717) is 0 Å². The van der Waals surface area contributed by atoms with Gasteiger partial charge in [0.05, 0.1) is 13.2 Å². The molecule has 0 spiro atoms. The minimum absolute atomic E-state index is 0.0924. The monoisotopic (exact) mass is 259 g/mol. The molecule has 0 radical (unpaired) electrons. The largest absolute Gasteiger partial charge is 0.480 e. The molecule has 0 heterocycles. The molecule has 102 valence electrons. The molecule has 4 N–H and O–H groups in total. The van der Waals surface area contributed by atoms with E-state index in [9.17, 15) is 14.7 Å². The molecule has 1 amide bonds. The van der Waals surface area contributed by atoms with E-state index >= 15 is 0 Å². The number of nitrogens with two attached hydrogens (primary N) is 1. The first-order chi connectivity index (χ1) is 8.43. The third kappa shape index (κ3) is 5.19. The number of esters is 1. The van der Waals surface area contributed by atoms with E-state index in [-0.39, 0.29) is 13.2 Å². The van der Waals surface area contributed by atoms with Crippen LogP contribution in [0.15, 0.2) is 16.6 Å². The van der Waals surface area contributed by atoms with Gasteiger partial charge in [-0.1, -0.05) is 0 Å². The molecule has 0 atom stereocenters. The van der Waals surface area contributed by atoms with Crippen molar-refractivity contribution in [1.82, 2.24) is 5.43 Å². The lowest BCUT2D eigenvalue weighted by atomic mass is 10.2. The Balaban J connectivity index is 5.21. The zero-order chi connectivity index (χ0) is 14.1. The highest BCUT2D eigenvalue weighted by Gasteiger charge is 2.22. The molecule has 18 heavy (non-hydrogen) atoms. The first-order valence-corrected chi connectivity index (χ1v) is 5.27. The highest BCUT2D eigenvalue weighted by atomic mass is 16.6. The molecule has 0 rings (SSSR count). The molecule has 0 saturated heterocycles. The fraction of sp³-hybridized carbons (Fsp3) is 0.500. The average Bonchev–Trinajstić information content (AvgIpc) is 2.27. The lowest BCUT2D eigenvalue weighted by Crippen LogP contribution is -2.29. The third-order valence-electron chi connectivity index (χ3n) is 1.56. The van der Waals surface area contributed by atoms with Crippen molar-refractivity contribution in [3.05, 3.63) is 11.5 Å². The number of rotatable bonds is 6. The van der Waals surface area contributed by atoms with Crippen LogP contribution in [0.5, 0.6) is 0 Å². The molecule has 0 aromatic rings. The Hall–Kier alpha value is -2.25. The lowest BCUT2D eigenvalue weighted by Gasteiger charge is -2.09. The quantitative estimate of drug-likeness (QED) is 0.151. The summed E-state index contributed by atoms with van der Waals surface area (Å²) in [6, 6.07) is 0. The minimum Gasteiger partial charge on any atom is -0.480 e. The van der Waals surface area contributed by atoms with Gasteiger partial charge in [0.2, 0.25) is 5.91 Å². The topological polar surface area (TPSA) is 123 Å². The summed E-state index contributed by atoms with van der Waals surface area (Å²) in [5.41, 5.74) is 7.06. The number of nitrogens with one attached hydrogen (secondary N) is 1. The van der Waals surface area contributed by atoms with E-state index < -0.39 is 29.2 Å². The van der Waals surface area contributed by atoms with Crippen LogP contribution in [0, 0.1) is 0 Å². The summed E-state index contributed by atoms with van der Waals surface area (Å²) in [6.45, 7) is 4.64. The number of carbonyl (C=O) groups excluding carboxylic acids is 2. The van der Waals surface area contributed by atoms with Gasteiger partial charge in [-0.25, -0.2) is 10.2 Å². The van der Waals surface area contributed by atoms with Crippen LogP contribution in [-0.4, -0.2) is 36.0 Å².